The van der Waals surface area contributed by atoms with E-state index < -0.39 is 10.8 Å². The number of nitro groups is 1. The van der Waals surface area contributed by atoms with Crippen molar-refractivity contribution < 1.29 is 14.5 Å². The Labute approximate surface area is 170 Å². The molecule has 0 radical (unpaired) electrons. The smallest absolute Gasteiger partial charge is 0.270 e. The molecule has 0 aliphatic rings. The summed E-state index contributed by atoms with van der Waals surface area (Å²) < 4.78 is 0. The Morgan fingerprint density at radius 2 is 1.86 bits per heavy atom. The maximum atomic E-state index is 12.0. The van der Waals surface area contributed by atoms with Crippen LogP contribution in [0.25, 0.3) is 0 Å². The zero-order valence-electron chi connectivity index (χ0n) is 14.7. The Hall–Kier alpha value is -2.97. The second-order valence-corrected chi connectivity index (χ2v) is 6.53. The van der Waals surface area contributed by atoms with E-state index >= 15 is 0 Å². The van der Waals surface area contributed by atoms with E-state index in [9.17, 15) is 19.7 Å². The lowest BCUT2D eigenvalue weighted by Gasteiger charge is -2.09. The molecule has 0 atom stereocenters. The first-order chi connectivity index (χ1) is 13.3. The van der Waals surface area contributed by atoms with Crippen molar-refractivity contribution in [2.24, 2.45) is 5.10 Å². The summed E-state index contributed by atoms with van der Waals surface area (Å²) in [4.78, 5) is 34.0. The van der Waals surface area contributed by atoms with Crippen LogP contribution in [0.15, 0.2) is 41.5 Å². The number of rotatable bonds is 7. The number of carbonyl (C=O) groups excluding carboxylic acids is 2. The maximum absolute atomic E-state index is 12.0. The van der Waals surface area contributed by atoms with Gasteiger partial charge in [-0.15, -0.1) is 0 Å². The van der Waals surface area contributed by atoms with Gasteiger partial charge in [-0.2, -0.15) is 5.10 Å². The lowest BCUT2D eigenvalue weighted by atomic mass is 10.2. The van der Waals surface area contributed by atoms with Crippen LogP contribution in [0.1, 0.15) is 24.0 Å². The summed E-state index contributed by atoms with van der Waals surface area (Å²) in [5, 5.41) is 18.0. The summed E-state index contributed by atoms with van der Waals surface area (Å²) in [6, 6.07) is 9.01. The number of anilines is 1. The lowest BCUT2D eigenvalue weighted by Crippen LogP contribution is -2.21. The fourth-order valence-corrected chi connectivity index (χ4v) is 2.50. The molecular formula is C18H16Cl2N4O4. The summed E-state index contributed by atoms with van der Waals surface area (Å²) in [6.45, 7) is 1.78. The van der Waals surface area contributed by atoms with Gasteiger partial charge in [0.05, 0.1) is 11.1 Å². The van der Waals surface area contributed by atoms with E-state index in [-0.39, 0.29) is 35.0 Å². The number of halogens is 2. The highest BCUT2D eigenvalue weighted by atomic mass is 35.5. The van der Waals surface area contributed by atoms with Crippen molar-refractivity contribution in [1.82, 2.24) is 5.43 Å². The molecule has 0 aromatic heterocycles. The van der Waals surface area contributed by atoms with Crippen molar-refractivity contribution in [3.8, 4) is 0 Å². The number of carbonyl (C=O) groups is 2. The number of nitrogens with zero attached hydrogens (tertiary/aromatic N) is 2. The minimum atomic E-state index is -0.563. The monoisotopic (exact) mass is 422 g/mol. The molecule has 0 unspecified atom stereocenters. The lowest BCUT2D eigenvalue weighted by molar-refractivity contribution is -0.384. The van der Waals surface area contributed by atoms with Crippen molar-refractivity contribution in [2.45, 2.75) is 19.8 Å². The summed E-state index contributed by atoms with van der Waals surface area (Å²) in [5.74, 6) is -0.831. The standard InChI is InChI=1S/C18H16Cl2N4O4/c1-11-14(19)3-2-4-16(11)22-17(25)7-8-18(26)23-21-10-12-9-13(24(27)28)5-6-15(12)20/h2-6,9-10H,7-8H2,1H3,(H,22,25)(H,23,26)/b21-10-. The first-order valence-electron chi connectivity index (χ1n) is 8.08. The van der Waals surface area contributed by atoms with Crippen LogP contribution in [0.2, 0.25) is 10.0 Å². The zero-order valence-corrected chi connectivity index (χ0v) is 16.3. The molecule has 2 amide bonds. The average Bonchev–Trinajstić information content (AvgIpc) is 2.65. The average molecular weight is 423 g/mol. The predicted octanol–water partition coefficient (Wildman–Crippen LogP) is 4.08. The number of amides is 2. The van der Waals surface area contributed by atoms with Crippen LogP contribution in [0.4, 0.5) is 11.4 Å². The molecule has 0 bridgehead atoms. The van der Waals surface area contributed by atoms with Crippen LogP contribution in [0.3, 0.4) is 0 Å². The number of nitro benzene ring substituents is 1. The normalized spacial score (nSPS) is 10.7. The van der Waals surface area contributed by atoms with Gasteiger partial charge in [-0.25, -0.2) is 5.43 Å². The third kappa shape index (κ3) is 6.04. The maximum Gasteiger partial charge on any atom is 0.270 e. The van der Waals surface area contributed by atoms with Crippen LogP contribution >= 0.6 is 23.2 Å². The van der Waals surface area contributed by atoms with Crippen LogP contribution in [0.5, 0.6) is 0 Å². The number of hydrogen-bond donors (Lipinski definition) is 2. The zero-order chi connectivity index (χ0) is 20.7. The molecule has 0 aliphatic heterocycles. The third-order valence-electron chi connectivity index (χ3n) is 3.70. The highest BCUT2D eigenvalue weighted by Gasteiger charge is 2.10. The molecule has 0 fully saturated rings. The van der Waals surface area contributed by atoms with Crippen LogP contribution < -0.4 is 10.7 Å². The van der Waals surface area contributed by atoms with Gasteiger partial charge in [-0.3, -0.25) is 19.7 Å². The van der Waals surface area contributed by atoms with Crippen molar-refractivity contribution >= 4 is 52.6 Å². The van der Waals surface area contributed by atoms with Crippen molar-refractivity contribution in [2.75, 3.05) is 5.32 Å². The van der Waals surface area contributed by atoms with Gasteiger partial charge in [-0.1, -0.05) is 29.3 Å². The van der Waals surface area contributed by atoms with Gasteiger partial charge in [0.25, 0.3) is 5.69 Å². The SMILES string of the molecule is Cc1c(Cl)cccc1NC(=O)CCC(=O)N/N=C\c1cc([N+](=O)[O-])ccc1Cl. The van der Waals surface area contributed by atoms with Gasteiger partial charge >= 0.3 is 0 Å². The van der Waals surface area contributed by atoms with Gasteiger partial charge in [0, 0.05) is 46.3 Å². The number of non-ortho nitro benzene ring substituents is 1. The van der Waals surface area contributed by atoms with E-state index in [1.54, 1.807) is 25.1 Å². The van der Waals surface area contributed by atoms with Gasteiger partial charge < -0.3 is 5.32 Å². The molecule has 2 aromatic carbocycles. The van der Waals surface area contributed by atoms with E-state index in [0.29, 0.717) is 10.7 Å². The molecule has 28 heavy (non-hydrogen) atoms. The Bertz CT molecular complexity index is 947. The Balaban J connectivity index is 1.85. The van der Waals surface area contributed by atoms with Crippen LogP contribution in [0, 0.1) is 17.0 Å². The van der Waals surface area contributed by atoms with E-state index in [0.717, 1.165) is 5.56 Å². The quantitative estimate of drug-likeness (QED) is 0.397. The predicted molar refractivity (Wildman–Crippen MR) is 108 cm³/mol. The fourth-order valence-electron chi connectivity index (χ4n) is 2.16. The second kappa shape index (κ2) is 9.82. The van der Waals surface area contributed by atoms with Gasteiger partial charge in [0.15, 0.2) is 0 Å². The third-order valence-corrected chi connectivity index (χ3v) is 4.46. The topological polar surface area (TPSA) is 114 Å². The largest absolute Gasteiger partial charge is 0.326 e. The molecule has 2 N–H and O–H groups in total. The molecule has 0 spiro atoms. The molecule has 0 heterocycles. The highest BCUT2D eigenvalue weighted by molar-refractivity contribution is 6.33. The number of hydrogen-bond acceptors (Lipinski definition) is 5. The highest BCUT2D eigenvalue weighted by Crippen LogP contribution is 2.23. The van der Waals surface area contributed by atoms with Crippen molar-refractivity contribution in [1.29, 1.82) is 0 Å². The van der Waals surface area contributed by atoms with Crippen LogP contribution in [-0.4, -0.2) is 23.0 Å². The van der Waals surface area contributed by atoms with Crippen molar-refractivity contribution in [3.63, 3.8) is 0 Å². The molecule has 8 nitrogen and oxygen atoms in total. The second-order valence-electron chi connectivity index (χ2n) is 5.72. The molecule has 2 aromatic rings. The molecule has 0 saturated heterocycles. The minimum absolute atomic E-state index is 0.0507. The molecule has 10 heteroatoms. The van der Waals surface area contributed by atoms with Gasteiger partial charge in [-0.05, 0) is 30.7 Å². The van der Waals surface area contributed by atoms with Gasteiger partial charge in [0.1, 0.15) is 0 Å². The van der Waals surface area contributed by atoms with E-state index in [1.165, 1.54) is 24.4 Å². The minimum Gasteiger partial charge on any atom is -0.326 e. The number of hydrazone groups is 1. The fraction of sp³-hybridized carbons (Fsp3) is 0.167. The summed E-state index contributed by atoms with van der Waals surface area (Å²) in [5.41, 5.74) is 3.70. The van der Waals surface area contributed by atoms with E-state index in [4.69, 9.17) is 23.2 Å². The molecule has 2 rings (SSSR count). The Morgan fingerprint density at radius 3 is 2.57 bits per heavy atom. The van der Waals surface area contributed by atoms with E-state index in [1.807, 2.05) is 0 Å². The molecule has 146 valence electrons. The summed E-state index contributed by atoms with van der Waals surface area (Å²) in [6.07, 6.45) is 1.05. The van der Waals surface area contributed by atoms with Crippen LogP contribution in [-0.2, 0) is 9.59 Å². The molecule has 0 saturated carbocycles. The number of benzene rings is 2. The van der Waals surface area contributed by atoms with Gasteiger partial charge in [0.2, 0.25) is 11.8 Å². The van der Waals surface area contributed by atoms with E-state index in [2.05, 4.69) is 15.8 Å². The first kappa shape index (κ1) is 21.3. The van der Waals surface area contributed by atoms with Crippen molar-refractivity contribution in [3.05, 3.63) is 67.7 Å². The first-order valence-corrected chi connectivity index (χ1v) is 8.84. The summed E-state index contributed by atoms with van der Waals surface area (Å²) in [7, 11) is 0. The summed E-state index contributed by atoms with van der Waals surface area (Å²) >= 11 is 11.9. The number of nitrogens with one attached hydrogen (secondary N) is 2. The molecule has 0 aliphatic carbocycles. The Morgan fingerprint density at radius 1 is 1.14 bits per heavy atom. The molecular weight excluding hydrogens is 407 g/mol. The Kier molecular flexibility index (Phi) is 7.48.